The highest BCUT2D eigenvalue weighted by atomic mass is 19.1. The van der Waals surface area contributed by atoms with Crippen molar-refractivity contribution in [2.24, 2.45) is 0 Å². The Labute approximate surface area is 174 Å². The molecular formula is C22H24FNO6. The Morgan fingerprint density at radius 3 is 2.30 bits per heavy atom. The molecule has 1 amide bonds. The number of amides is 1. The SMILES string of the molecule is COc1ccc(/C=C/C(=O)O[C@@H](C)C(=O)NCc2ccc(OC)c(OC)c2)cc1F. The Balaban J connectivity index is 1.87. The molecule has 0 saturated carbocycles. The molecule has 0 aliphatic carbocycles. The van der Waals surface area contributed by atoms with Gasteiger partial charge >= 0.3 is 5.97 Å². The van der Waals surface area contributed by atoms with Crippen molar-refractivity contribution in [1.82, 2.24) is 5.32 Å². The van der Waals surface area contributed by atoms with Crippen LogP contribution in [0.15, 0.2) is 42.5 Å². The summed E-state index contributed by atoms with van der Waals surface area (Å²) in [5, 5.41) is 2.69. The van der Waals surface area contributed by atoms with Gasteiger partial charge in [-0.05, 0) is 48.4 Å². The van der Waals surface area contributed by atoms with Crippen molar-refractivity contribution in [3.8, 4) is 17.2 Å². The van der Waals surface area contributed by atoms with E-state index in [-0.39, 0.29) is 12.3 Å². The fourth-order valence-electron chi connectivity index (χ4n) is 2.54. The molecule has 7 nitrogen and oxygen atoms in total. The highest BCUT2D eigenvalue weighted by Gasteiger charge is 2.16. The summed E-state index contributed by atoms with van der Waals surface area (Å²) in [6.07, 6.45) is 1.51. The van der Waals surface area contributed by atoms with Crippen molar-refractivity contribution < 1.29 is 32.9 Å². The summed E-state index contributed by atoms with van der Waals surface area (Å²) in [5.74, 6) is -0.491. The quantitative estimate of drug-likeness (QED) is 0.499. The molecule has 8 heteroatoms. The van der Waals surface area contributed by atoms with E-state index in [2.05, 4.69) is 5.32 Å². The molecule has 0 aromatic heterocycles. The number of carbonyl (C=O) groups excluding carboxylic acids is 2. The summed E-state index contributed by atoms with van der Waals surface area (Å²) in [6, 6.07) is 9.52. The third kappa shape index (κ3) is 6.23. The zero-order valence-corrected chi connectivity index (χ0v) is 17.2. The number of rotatable bonds is 9. The summed E-state index contributed by atoms with van der Waals surface area (Å²) in [7, 11) is 4.42. The highest BCUT2D eigenvalue weighted by Crippen LogP contribution is 2.27. The Morgan fingerprint density at radius 1 is 1.00 bits per heavy atom. The Morgan fingerprint density at radius 2 is 1.67 bits per heavy atom. The molecule has 0 aliphatic heterocycles. The molecule has 0 radical (unpaired) electrons. The van der Waals surface area contributed by atoms with E-state index in [1.807, 2.05) is 0 Å². The second-order valence-electron chi connectivity index (χ2n) is 6.21. The molecule has 30 heavy (non-hydrogen) atoms. The van der Waals surface area contributed by atoms with Gasteiger partial charge in [0.2, 0.25) is 0 Å². The number of esters is 1. The molecule has 1 N–H and O–H groups in total. The van der Waals surface area contributed by atoms with Crippen LogP contribution < -0.4 is 19.5 Å². The maximum Gasteiger partial charge on any atom is 0.331 e. The molecule has 0 saturated heterocycles. The van der Waals surface area contributed by atoms with Crippen molar-refractivity contribution in [3.05, 3.63) is 59.4 Å². The van der Waals surface area contributed by atoms with Gasteiger partial charge in [0.25, 0.3) is 5.91 Å². The first kappa shape index (κ1) is 22.7. The molecule has 160 valence electrons. The van der Waals surface area contributed by atoms with E-state index in [1.54, 1.807) is 24.3 Å². The Bertz CT molecular complexity index is 928. The van der Waals surface area contributed by atoms with Crippen LogP contribution in [0.5, 0.6) is 17.2 Å². The average molecular weight is 417 g/mol. The monoisotopic (exact) mass is 417 g/mol. The maximum atomic E-state index is 13.7. The molecule has 1 atom stereocenters. The van der Waals surface area contributed by atoms with Crippen LogP contribution in [0.25, 0.3) is 6.08 Å². The third-order valence-electron chi connectivity index (χ3n) is 4.16. The number of nitrogens with one attached hydrogen (secondary N) is 1. The smallest absolute Gasteiger partial charge is 0.331 e. The van der Waals surface area contributed by atoms with E-state index in [1.165, 1.54) is 46.5 Å². The number of hydrogen-bond donors (Lipinski definition) is 1. The lowest BCUT2D eigenvalue weighted by molar-refractivity contribution is -0.150. The summed E-state index contributed by atoms with van der Waals surface area (Å²) in [4.78, 5) is 24.1. The van der Waals surface area contributed by atoms with E-state index in [4.69, 9.17) is 18.9 Å². The van der Waals surface area contributed by atoms with Gasteiger partial charge in [-0.2, -0.15) is 0 Å². The van der Waals surface area contributed by atoms with Crippen molar-refractivity contribution in [2.75, 3.05) is 21.3 Å². The van der Waals surface area contributed by atoms with Gasteiger partial charge < -0.3 is 24.3 Å². The minimum absolute atomic E-state index is 0.106. The molecule has 2 rings (SSSR count). The van der Waals surface area contributed by atoms with Crippen LogP contribution in [0.1, 0.15) is 18.1 Å². The molecule has 2 aromatic rings. The zero-order chi connectivity index (χ0) is 22.1. The van der Waals surface area contributed by atoms with E-state index in [0.717, 1.165) is 11.6 Å². The van der Waals surface area contributed by atoms with Gasteiger partial charge in [-0.1, -0.05) is 12.1 Å². The predicted molar refractivity (Wildman–Crippen MR) is 109 cm³/mol. The summed E-state index contributed by atoms with van der Waals surface area (Å²) in [6.45, 7) is 1.69. The van der Waals surface area contributed by atoms with Crippen molar-refractivity contribution in [2.45, 2.75) is 19.6 Å². The summed E-state index contributed by atoms with van der Waals surface area (Å²) in [5.41, 5.74) is 1.25. The van der Waals surface area contributed by atoms with Crippen LogP contribution in [0.3, 0.4) is 0 Å². The highest BCUT2D eigenvalue weighted by molar-refractivity contribution is 5.90. The van der Waals surface area contributed by atoms with Crippen LogP contribution in [-0.4, -0.2) is 39.3 Å². The van der Waals surface area contributed by atoms with E-state index < -0.39 is 23.8 Å². The van der Waals surface area contributed by atoms with Crippen LogP contribution in [0, 0.1) is 5.82 Å². The first-order chi connectivity index (χ1) is 14.4. The number of halogens is 1. The lowest BCUT2D eigenvalue weighted by atomic mass is 10.2. The van der Waals surface area contributed by atoms with Gasteiger partial charge in [-0.3, -0.25) is 4.79 Å². The molecule has 0 aliphatic rings. The van der Waals surface area contributed by atoms with Crippen LogP contribution in [0.4, 0.5) is 4.39 Å². The van der Waals surface area contributed by atoms with Gasteiger partial charge in [0, 0.05) is 12.6 Å². The van der Waals surface area contributed by atoms with E-state index >= 15 is 0 Å². The molecule has 0 heterocycles. The fourth-order valence-corrected chi connectivity index (χ4v) is 2.54. The van der Waals surface area contributed by atoms with Gasteiger partial charge in [-0.25, -0.2) is 9.18 Å². The van der Waals surface area contributed by atoms with Gasteiger partial charge in [0.15, 0.2) is 29.2 Å². The number of carbonyl (C=O) groups is 2. The average Bonchev–Trinajstić information content (AvgIpc) is 2.75. The standard InChI is InChI=1S/C22H24FNO6/c1-14(22(26)24-13-16-6-9-19(28-3)20(12-16)29-4)30-21(25)10-7-15-5-8-18(27-2)17(23)11-15/h5-12,14H,13H2,1-4H3,(H,24,26)/b10-7+/t14-/m0/s1. The van der Waals surface area contributed by atoms with Crippen molar-refractivity contribution >= 4 is 18.0 Å². The van der Waals surface area contributed by atoms with Crippen molar-refractivity contribution in [1.29, 1.82) is 0 Å². The Kier molecular flexibility index (Phi) is 8.22. The molecule has 0 fully saturated rings. The zero-order valence-electron chi connectivity index (χ0n) is 17.2. The third-order valence-corrected chi connectivity index (χ3v) is 4.16. The van der Waals surface area contributed by atoms with Crippen molar-refractivity contribution in [3.63, 3.8) is 0 Å². The Hall–Kier alpha value is -3.55. The number of hydrogen-bond acceptors (Lipinski definition) is 6. The van der Waals surface area contributed by atoms with Crippen LogP contribution >= 0.6 is 0 Å². The number of ether oxygens (including phenoxy) is 4. The van der Waals surface area contributed by atoms with E-state index in [9.17, 15) is 14.0 Å². The minimum atomic E-state index is -1.00. The predicted octanol–water partition coefficient (Wildman–Crippen LogP) is 3.11. The molecule has 0 unspecified atom stereocenters. The van der Waals surface area contributed by atoms with Crippen LogP contribution in [0.2, 0.25) is 0 Å². The van der Waals surface area contributed by atoms with Gasteiger partial charge in [0.05, 0.1) is 21.3 Å². The first-order valence-corrected chi connectivity index (χ1v) is 9.08. The minimum Gasteiger partial charge on any atom is -0.494 e. The fraction of sp³-hybridized carbons (Fsp3) is 0.273. The van der Waals surface area contributed by atoms with Crippen LogP contribution in [-0.2, 0) is 20.9 Å². The second-order valence-corrected chi connectivity index (χ2v) is 6.21. The molecule has 0 bridgehead atoms. The molecule has 0 spiro atoms. The largest absolute Gasteiger partial charge is 0.494 e. The van der Waals surface area contributed by atoms with E-state index in [0.29, 0.717) is 17.1 Å². The van der Waals surface area contributed by atoms with Gasteiger partial charge in [0.1, 0.15) is 0 Å². The lowest BCUT2D eigenvalue weighted by Crippen LogP contribution is -2.35. The summed E-state index contributed by atoms with van der Waals surface area (Å²) >= 11 is 0. The number of methoxy groups -OCH3 is 3. The number of benzene rings is 2. The van der Waals surface area contributed by atoms with Gasteiger partial charge in [-0.15, -0.1) is 0 Å². The molecular weight excluding hydrogens is 393 g/mol. The lowest BCUT2D eigenvalue weighted by Gasteiger charge is -2.13. The first-order valence-electron chi connectivity index (χ1n) is 9.08. The normalized spacial score (nSPS) is 11.6. The maximum absolute atomic E-state index is 13.7. The second kappa shape index (κ2) is 10.8. The topological polar surface area (TPSA) is 83.1 Å². The summed E-state index contributed by atoms with van der Waals surface area (Å²) < 4.78 is 34.0. The molecule has 2 aromatic carbocycles.